The van der Waals surface area contributed by atoms with Crippen molar-refractivity contribution in [3.63, 3.8) is 0 Å². The fourth-order valence-corrected chi connectivity index (χ4v) is 3.94. The van der Waals surface area contributed by atoms with Gasteiger partial charge in [0.25, 0.3) is 5.91 Å². The van der Waals surface area contributed by atoms with Crippen molar-refractivity contribution < 1.29 is 19.1 Å². The van der Waals surface area contributed by atoms with Gasteiger partial charge in [-0.15, -0.1) is 11.3 Å². The number of para-hydroxylation sites is 1. The van der Waals surface area contributed by atoms with Crippen molar-refractivity contribution in [1.29, 1.82) is 0 Å². The van der Waals surface area contributed by atoms with Crippen LogP contribution in [0.4, 0.5) is 9.80 Å². The minimum atomic E-state index is -0.542. The van der Waals surface area contributed by atoms with Crippen molar-refractivity contribution in [2.75, 3.05) is 19.0 Å². The molecule has 3 rings (SSSR count). The molecule has 0 fully saturated rings. The van der Waals surface area contributed by atoms with E-state index in [-0.39, 0.29) is 0 Å². The molecule has 8 heteroatoms. The molecule has 25 heavy (non-hydrogen) atoms. The number of carbonyl (C=O) groups is 2. The van der Waals surface area contributed by atoms with Crippen LogP contribution in [-0.2, 0) is 24.3 Å². The van der Waals surface area contributed by atoms with E-state index in [1.165, 1.54) is 11.3 Å². The molecule has 1 aromatic carbocycles. The smallest absolute Gasteiger partial charge is 0.320 e. The largest absolute Gasteiger partial charge is 0.496 e. The minimum Gasteiger partial charge on any atom is -0.496 e. The zero-order valence-corrected chi connectivity index (χ0v) is 14.6. The predicted octanol–water partition coefficient (Wildman–Crippen LogP) is 2.25. The van der Waals surface area contributed by atoms with Crippen LogP contribution >= 0.6 is 11.3 Å². The zero-order valence-electron chi connectivity index (χ0n) is 13.8. The van der Waals surface area contributed by atoms with E-state index >= 15 is 0 Å². The van der Waals surface area contributed by atoms with Gasteiger partial charge >= 0.3 is 6.03 Å². The molecule has 0 unspecified atom stereocenters. The monoisotopic (exact) mass is 361 g/mol. The van der Waals surface area contributed by atoms with Crippen LogP contribution in [0.15, 0.2) is 24.3 Å². The Morgan fingerprint density at radius 1 is 1.36 bits per heavy atom. The molecule has 0 bridgehead atoms. The lowest BCUT2D eigenvalue weighted by Crippen LogP contribution is -2.29. The van der Waals surface area contributed by atoms with Crippen molar-refractivity contribution in [3.05, 3.63) is 45.8 Å². The van der Waals surface area contributed by atoms with E-state index in [9.17, 15) is 9.59 Å². The number of anilines is 1. The van der Waals surface area contributed by atoms with Crippen molar-refractivity contribution in [3.8, 4) is 5.75 Å². The zero-order chi connectivity index (χ0) is 17.8. The number of hydrogen-bond donors (Lipinski definition) is 3. The highest BCUT2D eigenvalue weighted by atomic mass is 32.1. The van der Waals surface area contributed by atoms with Gasteiger partial charge < -0.3 is 20.5 Å². The molecule has 1 aliphatic heterocycles. The highest BCUT2D eigenvalue weighted by Crippen LogP contribution is 2.36. The summed E-state index contributed by atoms with van der Waals surface area (Å²) in [4.78, 5) is 25.0. The average Bonchev–Trinajstić information content (AvgIpc) is 2.98. The number of nitrogens with one attached hydrogen (secondary N) is 2. The average molecular weight is 361 g/mol. The predicted molar refractivity (Wildman–Crippen MR) is 95.0 cm³/mol. The van der Waals surface area contributed by atoms with Crippen LogP contribution in [0.25, 0.3) is 0 Å². The van der Waals surface area contributed by atoms with Gasteiger partial charge in [0.2, 0.25) is 0 Å². The van der Waals surface area contributed by atoms with Crippen molar-refractivity contribution in [2.24, 2.45) is 5.73 Å². The lowest BCUT2D eigenvalue weighted by molar-refractivity contribution is 0.0991. The van der Waals surface area contributed by atoms with Crippen molar-refractivity contribution >= 4 is 28.3 Å². The van der Waals surface area contributed by atoms with Crippen LogP contribution in [0, 0.1) is 0 Å². The molecule has 1 aromatic heterocycles. The SMILES string of the molecule is COc1ccccc1CNC(=O)Nc1sc2c(c1C(N)=O)CCOC2. The van der Waals surface area contributed by atoms with Crippen LogP contribution in [0.3, 0.4) is 0 Å². The summed E-state index contributed by atoms with van der Waals surface area (Å²) in [6.07, 6.45) is 0.620. The second-order valence-corrected chi connectivity index (χ2v) is 6.60. The lowest BCUT2D eigenvalue weighted by Gasteiger charge is -2.12. The number of hydrogen-bond acceptors (Lipinski definition) is 5. The summed E-state index contributed by atoms with van der Waals surface area (Å²) >= 11 is 1.33. The molecule has 0 aliphatic carbocycles. The van der Waals surface area contributed by atoms with Gasteiger partial charge in [-0.3, -0.25) is 10.1 Å². The maximum absolute atomic E-state index is 12.2. The van der Waals surface area contributed by atoms with Crippen LogP contribution in [0.5, 0.6) is 5.75 Å². The first-order chi connectivity index (χ1) is 12.1. The Morgan fingerprint density at radius 3 is 2.92 bits per heavy atom. The van der Waals surface area contributed by atoms with E-state index in [0.29, 0.717) is 42.5 Å². The number of carbonyl (C=O) groups excluding carboxylic acids is 2. The summed E-state index contributed by atoms with van der Waals surface area (Å²) < 4.78 is 10.7. The molecular weight excluding hydrogens is 342 g/mol. The third-order valence-corrected chi connectivity index (χ3v) is 5.05. The fraction of sp³-hybridized carbons (Fsp3) is 0.294. The van der Waals surface area contributed by atoms with Crippen LogP contribution < -0.4 is 21.1 Å². The number of benzene rings is 1. The number of ether oxygens (including phenoxy) is 2. The molecule has 7 nitrogen and oxygen atoms in total. The van der Waals surface area contributed by atoms with Gasteiger partial charge in [0, 0.05) is 17.0 Å². The Morgan fingerprint density at radius 2 is 2.16 bits per heavy atom. The number of rotatable bonds is 5. The number of amides is 3. The molecule has 2 heterocycles. The Labute approximate surface area is 149 Å². The molecule has 4 N–H and O–H groups in total. The molecular formula is C17H19N3O4S. The molecule has 0 spiro atoms. The molecule has 0 atom stereocenters. The maximum Gasteiger partial charge on any atom is 0.320 e. The molecule has 0 radical (unpaired) electrons. The summed E-state index contributed by atoms with van der Waals surface area (Å²) in [6, 6.07) is 7.02. The third kappa shape index (κ3) is 3.75. The fourth-order valence-electron chi connectivity index (χ4n) is 2.75. The Hall–Kier alpha value is -2.58. The molecule has 2 aromatic rings. The normalized spacial score (nSPS) is 13.0. The van der Waals surface area contributed by atoms with E-state index in [1.54, 1.807) is 7.11 Å². The van der Waals surface area contributed by atoms with Gasteiger partial charge in [0.1, 0.15) is 10.8 Å². The van der Waals surface area contributed by atoms with Crippen LogP contribution in [0.1, 0.15) is 26.4 Å². The summed E-state index contributed by atoms with van der Waals surface area (Å²) in [5.74, 6) is 0.156. The quantitative estimate of drug-likeness (QED) is 0.760. The number of nitrogens with two attached hydrogens (primary N) is 1. The van der Waals surface area contributed by atoms with Crippen molar-refractivity contribution in [2.45, 2.75) is 19.6 Å². The summed E-state index contributed by atoms with van der Waals surface area (Å²) in [6.45, 7) is 1.28. The topological polar surface area (TPSA) is 103 Å². The maximum atomic E-state index is 12.2. The first-order valence-electron chi connectivity index (χ1n) is 7.79. The van der Waals surface area contributed by atoms with E-state index in [4.69, 9.17) is 15.2 Å². The summed E-state index contributed by atoms with van der Waals surface area (Å²) in [7, 11) is 1.58. The number of fused-ring (bicyclic) bond motifs is 1. The van der Waals surface area contributed by atoms with Gasteiger partial charge in [-0.25, -0.2) is 4.79 Å². The number of methoxy groups -OCH3 is 1. The van der Waals surface area contributed by atoms with E-state index in [0.717, 1.165) is 16.0 Å². The minimum absolute atomic E-state index is 0.302. The van der Waals surface area contributed by atoms with Crippen LogP contribution in [0.2, 0.25) is 0 Å². The van der Waals surface area contributed by atoms with Gasteiger partial charge in [-0.2, -0.15) is 0 Å². The molecule has 0 saturated heterocycles. The number of thiophene rings is 1. The van der Waals surface area contributed by atoms with Gasteiger partial charge in [-0.1, -0.05) is 18.2 Å². The first-order valence-corrected chi connectivity index (χ1v) is 8.60. The Balaban J connectivity index is 1.71. The molecule has 132 valence electrons. The van der Waals surface area contributed by atoms with Crippen molar-refractivity contribution in [1.82, 2.24) is 5.32 Å². The highest BCUT2D eigenvalue weighted by Gasteiger charge is 2.25. The summed E-state index contributed by atoms with van der Waals surface area (Å²) in [5, 5.41) is 5.95. The van der Waals surface area contributed by atoms with E-state index in [1.807, 2.05) is 24.3 Å². The Bertz CT molecular complexity index is 803. The van der Waals surface area contributed by atoms with Crippen LogP contribution in [-0.4, -0.2) is 25.7 Å². The van der Waals surface area contributed by atoms with Gasteiger partial charge in [-0.05, 0) is 18.1 Å². The first kappa shape index (κ1) is 17.2. The number of primary amides is 1. The summed E-state index contributed by atoms with van der Waals surface area (Å²) in [5.41, 5.74) is 7.62. The standard InChI is InChI=1S/C17H19N3O4S/c1-23-12-5-3-2-4-10(12)8-19-17(22)20-16-14(15(18)21)11-6-7-24-9-13(11)25-16/h2-5H,6-9H2,1H3,(H2,18,21)(H2,19,20,22). The van der Waals surface area contributed by atoms with Gasteiger partial charge in [0.05, 0.1) is 25.9 Å². The second-order valence-electron chi connectivity index (χ2n) is 5.49. The van der Waals surface area contributed by atoms with E-state index < -0.39 is 11.9 Å². The molecule has 0 saturated carbocycles. The second kappa shape index (κ2) is 7.54. The van der Waals surface area contributed by atoms with Gasteiger partial charge in [0.15, 0.2) is 0 Å². The third-order valence-electron chi connectivity index (χ3n) is 3.93. The highest BCUT2D eigenvalue weighted by molar-refractivity contribution is 7.17. The van der Waals surface area contributed by atoms with E-state index in [2.05, 4.69) is 10.6 Å². The Kier molecular flexibility index (Phi) is 5.20. The lowest BCUT2D eigenvalue weighted by atomic mass is 10.1. The molecule has 3 amide bonds. The molecule has 1 aliphatic rings. The number of urea groups is 1.